The van der Waals surface area contributed by atoms with Crippen molar-refractivity contribution in [2.75, 3.05) is 0 Å². The number of aryl methyl sites for hydroxylation is 1. The number of hydrogen-bond donors (Lipinski definition) is 0. The van der Waals surface area contributed by atoms with Crippen molar-refractivity contribution in [2.24, 2.45) is 0 Å². The van der Waals surface area contributed by atoms with Gasteiger partial charge in [0.05, 0.1) is 4.01 Å². The Labute approximate surface area is 150 Å². The molecule has 2 aliphatic carbocycles. The summed E-state index contributed by atoms with van der Waals surface area (Å²) in [6.07, 6.45) is 0. The quantitative estimate of drug-likeness (QED) is 0.260. The van der Waals surface area contributed by atoms with Gasteiger partial charge in [-0.25, -0.2) is 0 Å². The van der Waals surface area contributed by atoms with Crippen LogP contribution in [0.3, 0.4) is 0 Å². The lowest BCUT2D eigenvalue weighted by Gasteiger charge is -2.06. The third-order valence-electron chi connectivity index (χ3n) is 5.39. The van der Waals surface area contributed by atoms with Crippen LogP contribution >= 0.6 is 34.0 Å². The molecule has 0 atom stereocenters. The van der Waals surface area contributed by atoms with Gasteiger partial charge in [0.2, 0.25) is 0 Å². The number of thiophene rings is 3. The molecular weight excluding hydrogens is 348 g/mol. The van der Waals surface area contributed by atoms with Crippen molar-refractivity contribution in [3.8, 4) is 43.1 Å². The van der Waals surface area contributed by atoms with Crippen molar-refractivity contribution >= 4 is 54.2 Å². The Bertz CT molecular complexity index is 1330. The Hall–Kier alpha value is -1.94. The van der Waals surface area contributed by atoms with Crippen molar-refractivity contribution < 1.29 is 0 Å². The normalized spacial score (nSPS) is 13.2. The maximum atomic E-state index is 2.37. The highest BCUT2D eigenvalue weighted by Crippen LogP contribution is 2.60. The first-order valence-corrected chi connectivity index (χ1v) is 10.5. The highest BCUT2D eigenvalue weighted by atomic mass is 32.2. The predicted octanol–water partition coefficient (Wildman–Crippen LogP) is 7.78. The van der Waals surface area contributed by atoms with Gasteiger partial charge in [-0.1, -0.05) is 24.3 Å². The smallest absolute Gasteiger partial charge is 0.0880 e. The van der Waals surface area contributed by atoms with Gasteiger partial charge in [-0.2, -0.15) is 0 Å². The second-order valence-electron chi connectivity index (χ2n) is 6.60. The number of benzene rings is 2. The molecule has 112 valence electrons. The van der Waals surface area contributed by atoms with E-state index in [9.17, 15) is 0 Å². The average molecular weight is 359 g/mol. The standard InChI is InChI=1S/C21H10S3/c1-9-8-15-18-12-3-2-10-11-6-7-22-19(11)13-4-5-14(17(12)16(10)13)20(18)24-21(15)23-9/h2-8H,1H3. The molecule has 0 saturated heterocycles. The van der Waals surface area contributed by atoms with Crippen LogP contribution in [0.4, 0.5) is 0 Å². The maximum Gasteiger partial charge on any atom is 0.0880 e. The van der Waals surface area contributed by atoms with Crippen molar-refractivity contribution in [3.05, 3.63) is 46.7 Å². The van der Waals surface area contributed by atoms with E-state index in [1.807, 2.05) is 34.0 Å². The molecule has 0 unspecified atom stereocenters. The van der Waals surface area contributed by atoms with Crippen LogP contribution in [-0.4, -0.2) is 0 Å². The largest absolute Gasteiger partial charge is 0.143 e. The molecule has 0 nitrogen and oxygen atoms in total. The molecule has 3 heteroatoms. The zero-order valence-electron chi connectivity index (χ0n) is 12.8. The molecule has 0 radical (unpaired) electrons. The zero-order valence-corrected chi connectivity index (χ0v) is 15.2. The van der Waals surface area contributed by atoms with Gasteiger partial charge in [0.25, 0.3) is 0 Å². The third kappa shape index (κ3) is 1.20. The summed E-state index contributed by atoms with van der Waals surface area (Å²) in [4.78, 5) is 4.33. The fraction of sp³-hybridized carbons (Fsp3) is 0.0476. The van der Waals surface area contributed by atoms with Crippen LogP contribution in [0.15, 0.2) is 41.8 Å². The molecular formula is C21H10S3. The van der Waals surface area contributed by atoms with Gasteiger partial charge in [-0.15, -0.1) is 34.0 Å². The Morgan fingerprint density at radius 2 is 1.46 bits per heavy atom. The van der Waals surface area contributed by atoms with Crippen LogP contribution < -0.4 is 0 Å². The van der Waals surface area contributed by atoms with Gasteiger partial charge in [0.1, 0.15) is 0 Å². The van der Waals surface area contributed by atoms with Gasteiger partial charge in [0, 0.05) is 42.3 Å². The first-order chi connectivity index (χ1) is 11.8. The van der Waals surface area contributed by atoms with Crippen LogP contribution in [0.25, 0.3) is 63.3 Å². The molecule has 0 fully saturated rings. The van der Waals surface area contributed by atoms with Gasteiger partial charge < -0.3 is 0 Å². The molecule has 2 aromatic carbocycles. The Morgan fingerprint density at radius 1 is 0.708 bits per heavy atom. The lowest BCUT2D eigenvalue weighted by atomic mass is 9.97. The summed E-state index contributed by atoms with van der Waals surface area (Å²) in [5.41, 5.74) is 8.65. The van der Waals surface area contributed by atoms with Crippen LogP contribution in [0.5, 0.6) is 0 Å². The first-order valence-electron chi connectivity index (χ1n) is 8.03. The third-order valence-corrected chi connectivity index (χ3v) is 8.71. The molecule has 0 spiro atoms. The number of hydrogen-bond acceptors (Lipinski definition) is 3. The molecule has 0 bridgehead atoms. The molecule has 3 aromatic heterocycles. The molecule has 7 rings (SSSR count). The number of rotatable bonds is 0. The highest BCUT2D eigenvalue weighted by molar-refractivity contribution is 7.40. The molecule has 0 saturated carbocycles. The Kier molecular flexibility index (Phi) is 1.98. The van der Waals surface area contributed by atoms with Crippen LogP contribution in [0, 0.1) is 6.92 Å². The first kappa shape index (κ1) is 12.4. The molecule has 24 heavy (non-hydrogen) atoms. The summed E-state index contributed by atoms with van der Waals surface area (Å²) in [6.45, 7) is 2.22. The van der Waals surface area contributed by atoms with Crippen LogP contribution in [-0.2, 0) is 0 Å². The van der Waals surface area contributed by atoms with Gasteiger partial charge >= 0.3 is 0 Å². The molecule has 0 aliphatic heterocycles. The zero-order chi connectivity index (χ0) is 15.6. The van der Waals surface area contributed by atoms with E-state index in [1.54, 1.807) is 0 Å². The lowest BCUT2D eigenvalue weighted by Crippen LogP contribution is -1.79. The van der Waals surface area contributed by atoms with E-state index in [1.165, 1.54) is 68.2 Å². The Morgan fingerprint density at radius 3 is 2.38 bits per heavy atom. The van der Waals surface area contributed by atoms with Crippen molar-refractivity contribution in [1.29, 1.82) is 0 Å². The van der Waals surface area contributed by atoms with E-state index in [2.05, 4.69) is 48.7 Å². The minimum absolute atomic E-state index is 1.41. The minimum Gasteiger partial charge on any atom is -0.143 e. The monoisotopic (exact) mass is 358 g/mol. The minimum atomic E-state index is 1.41. The SMILES string of the molecule is Cc1cc2c3c(sc2s1)-c1ccc2c4c(ccc-3c14)-c1ccsc1-2. The van der Waals surface area contributed by atoms with Gasteiger partial charge in [-0.05, 0) is 46.3 Å². The Balaban J connectivity index is 1.72. The summed E-state index contributed by atoms with van der Waals surface area (Å²) in [6, 6.07) is 14.1. The van der Waals surface area contributed by atoms with Crippen LogP contribution in [0.2, 0.25) is 0 Å². The summed E-state index contributed by atoms with van der Waals surface area (Å²) in [7, 11) is 0. The van der Waals surface area contributed by atoms with Gasteiger partial charge in [-0.3, -0.25) is 0 Å². The highest BCUT2D eigenvalue weighted by Gasteiger charge is 2.32. The summed E-state index contributed by atoms with van der Waals surface area (Å²) in [5.74, 6) is 0. The van der Waals surface area contributed by atoms with Crippen molar-refractivity contribution in [1.82, 2.24) is 0 Å². The average Bonchev–Trinajstić information content (AvgIpc) is 3.31. The lowest BCUT2D eigenvalue weighted by molar-refractivity contribution is 1.66. The maximum absolute atomic E-state index is 2.37. The van der Waals surface area contributed by atoms with E-state index >= 15 is 0 Å². The van der Waals surface area contributed by atoms with Gasteiger partial charge in [0.15, 0.2) is 0 Å². The van der Waals surface area contributed by atoms with E-state index < -0.39 is 0 Å². The van der Waals surface area contributed by atoms with Crippen molar-refractivity contribution in [2.45, 2.75) is 6.92 Å². The molecule has 5 aromatic rings. The topological polar surface area (TPSA) is 0 Å². The molecule has 0 N–H and O–H groups in total. The van der Waals surface area contributed by atoms with E-state index in [0.717, 1.165) is 0 Å². The van der Waals surface area contributed by atoms with E-state index in [4.69, 9.17) is 0 Å². The second kappa shape index (κ2) is 3.83. The van der Waals surface area contributed by atoms with E-state index in [0.29, 0.717) is 0 Å². The molecule has 3 heterocycles. The summed E-state index contributed by atoms with van der Waals surface area (Å²) < 4.78 is 1.47. The van der Waals surface area contributed by atoms with E-state index in [-0.39, 0.29) is 0 Å². The molecule has 0 amide bonds. The summed E-state index contributed by atoms with van der Waals surface area (Å²) in [5, 5.41) is 6.64. The molecule has 2 aliphatic rings. The van der Waals surface area contributed by atoms with Crippen LogP contribution in [0.1, 0.15) is 4.88 Å². The fourth-order valence-electron chi connectivity index (χ4n) is 4.50. The van der Waals surface area contributed by atoms with Crippen molar-refractivity contribution in [3.63, 3.8) is 0 Å². The predicted molar refractivity (Wildman–Crippen MR) is 109 cm³/mol. The second-order valence-corrected chi connectivity index (χ2v) is 10.1. The fourth-order valence-corrected chi connectivity index (χ4v) is 8.05. The number of fused-ring (bicyclic) bond motifs is 8. The summed E-state index contributed by atoms with van der Waals surface area (Å²) >= 11 is 5.78.